The molecular weight excluding hydrogens is 222 g/mol. The average molecular weight is 239 g/mol. The molecule has 0 aliphatic heterocycles. The summed E-state index contributed by atoms with van der Waals surface area (Å²) >= 11 is 0. The fourth-order valence-electron chi connectivity index (χ4n) is 1.33. The Kier molecular flexibility index (Phi) is 6.12. The third kappa shape index (κ3) is 4.34. The lowest BCUT2D eigenvalue weighted by atomic mass is 10.1. The van der Waals surface area contributed by atoms with Crippen LogP contribution in [0.25, 0.3) is 6.08 Å². The standard InChI is InChI=1S/C14H11NO.C2H6/c16-14(12-6-2-1-3-7-12)10-9-13-8-4-5-11-15-13;1-2/h1-11H;1-2H3/b10-9+;. The van der Waals surface area contributed by atoms with E-state index in [0.717, 1.165) is 5.69 Å². The molecule has 18 heavy (non-hydrogen) atoms. The summed E-state index contributed by atoms with van der Waals surface area (Å²) in [5.74, 6) is -0.00810. The Balaban J connectivity index is 0.000000771. The van der Waals surface area contributed by atoms with Crippen LogP contribution in [-0.2, 0) is 0 Å². The molecule has 2 heteroatoms. The number of hydrogen-bond acceptors (Lipinski definition) is 2. The third-order valence-electron chi connectivity index (χ3n) is 2.15. The minimum atomic E-state index is -0.00810. The quantitative estimate of drug-likeness (QED) is 0.598. The van der Waals surface area contributed by atoms with Gasteiger partial charge in [0.15, 0.2) is 5.78 Å². The highest BCUT2D eigenvalue weighted by atomic mass is 16.1. The number of carbonyl (C=O) groups excluding carboxylic acids is 1. The van der Waals surface area contributed by atoms with Crippen molar-refractivity contribution in [3.63, 3.8) is 0 Å². The number of pyridine rings is 1. The number of hydrogen-bond donors (Lipinski definition) is 0. The molecule has 0 fully saturated rings. The topological polar surface area (TPSA) is 30.0 Å². The van der Waals surface area contributed by atoms with Gasteiger partial charge in [0, 0.05) is 11.8 Å². The second-order valence-electron chi connectivity index (χ2n) is 3.32. The normalized spacial score (nSPS) is 9.67. The molecule has 0 atom stereocenters. The van der Waals surface area contributed by atoms with Crippen molar-refractivity contribution >= 4 is 11.9 Å². The predicted molar refractivity (Wildman–Crippen MR) is 75.4 cm³/mol. The fraction of sp³-hybridized carbons (Fsp3) is 0.125. The maximum atomic E-state index is 11.7. The Labute approximate surface area is 108 Å². The molecule has 92 valence electrons. The number of rotatable bonds is 3. The van der Waals surface area contributed by atoms with Crippen LogP contribution in [0.1, 0.15) is 29.9 Å². The van der Waals surface area contributed by atoms with E-state index in [1.54, 1.807) is 24.4 Å². The largest absolute Gasteiger partial charge is 0.289 e. The zero-order valence-corrected chi connectivity index (χ0v) is 10.7. The maximum absolute atomic E-state index is 11.7. The van der Waals surface area contributed by atoms with E-state index in [2.05, 4.69) is 4.98 Å². The van der Waals surface area contributed by atoms with E-state index in [0.29, 0.717) is 5.56 Å². The summed E-state index contributed by atoms with van der Waals surface area (Å²) in [6.07, 6.45) is 4.96. The second kappa shape index (κ2) is 7.96. The van der Waals surface area contributed by atoms with Gasteiger partial charge in [-0.25, -0.2) is 0 Å². The summed E-state index contributed by atoms with van der Waals surface area (Å²) in [5.41, 5.74) is 1.47. The van der Waals surface area contributed by atoms with E-state index in [1.807, 2.05) is 50.2 Å². The summed E-state index contributed by atoms with van der Waals surface area (Å²) < 4.78 is 0. The van der Waals surface area contributed by atoms with E-state index in [9.17, 15) is 4.79 Å². The van der Waals surface area contributed by atoms with Gasteiger partial charge < -0.3 is 0 Å². The van der Waals surface area contributed by atoms with Crippen LogP contribution in [0.4, 0.5) is 0 Å². The summed E-state index contributed by atoms with van der Waals surface area (Å²) in [7, 11) is 0. The first-order valence-corrected chi connectivity index (χ1v) is 6.05. The lowest BCUT2D eigenvalue weighted by molar-refractivity contribution is 0.104. The van der Waals surface area contributed by atoms with Gasteiger partial charge in [-0.1, -0.05) is 50.2 Å². The van der Waals surface area contributed by atoms with Crippen LogP contribution < -0.4 is 0 Å². The van der Waals surface area contributed by atoms with Crippen molar-refractivity contribution in [2.75, 3.05) is 0 Å². The van der Waals surface area contributed by atoms with E-state index >= 15 is 0 Å². The van der Waals surface area contributed by atoms with E-state index in [1.165, 1.54) is 6.08 Å². The van der Waals surface area contributed by atoms with Gasteiger partial charge in [-0.15, -0.1) is 0 Å². The number of ketones is 1. The van der Waals surface area contributed by atoms with Gasteiger partial charge in [0.1, 0.15) is 0 Å². The van der Waals surface area contributed by atoms with Crippen LogP contribution in [0.3, 0.4) is 0 Å². The minimum absolute atomic E-state index is 0.00810. The number of aromatic nitrogens is 1. The van der Waals surface area contributed by atoms with Crippen LogP contribution in [-0.4, -0.2) is 10.8 Å². The Bertz CT molecular complexity index is 489. The summed E-state index contributed by atoms with van der Waals surface area (Å²) in [6, 6.07) is 14.8. The van der Waals surface area contributed by atoms with E-state index in [-0.39, 0.29) is 5.78 Å². The molecule has 2 aromatic rings. The Morgan fingerprint density at radius 2 is 1.67 bits per heavy atom. The molecule has 1 aromatic carbocycles. The molecule has 2 nitrogen and oxygen atoms in total. The molecule has 1 heterocycles. The zero-order valence-electron chi connectivity index (χ0n) is 10.7. The third-order valence-corrected chi connectivity index (χ3v) is 2.15. The minimum Gasteiger partial charge on any atom is -0.289 e. The molecule has 0 aliphatic rings. The molecule has 0 unspecified atom stereocenters. The van der Waals surface area contributed by atoms with E-state index in [4.69, 9.17) is 0 Å². The monoisotopic (exact) mass is 239 g/mol. The molecule has 0 spiro atoms. The SMILES string of the molecule is CC.O=C(/C=C/c1ccccn1)c1ccccc1. The molecule has 0 amide bonds. The molecule has 0 radical (unpaired) electrons. The van der Waals surface area contributed by atoms with E-state index < -0.39 is 0 Å². The van der Waals surface area contributed by atoms with Crippen molar-refractivity contribution in [3.8, 4) is 0 Å². The molecule has 0 aliphatic carbocycles. The van der Waals surface area contributed by atoms with Crippen LogP contribution in [0.15, 0.2) is 60.8 Å². The van der Waals surface area contributed by atoms with Gasteiger partial charge in [0.05, 0.1) is 5.69 Å². The first-order valence-electron chi connectivity index (χ1n) is 6.05. The zero-order chi connectivity index (χ0) is 13.2. The van der Waals surface area contributed by atoms with Gasteiger partial charge in [0.25, 0.3) is 0 Å². The summed E-state index contributed by atoms with van der Waals surface area (Å²) in [6.45, 7) is 4.00. The highest BCUT2D eigenvalue weighted by Crippen LogP contribution is 2.03. The molecular formula is C16H17NO. The lowest BCUT2D eigenvalue weighted by Crippen LogP contribution is -1.92. The molecule has 1 aromatic heterocycles. The van der Waals surface area contributed by atoms with Gasteiger partial charge in [0.2, 0.25) is 0 Å². The maximum Gasteiger partial charge on any atom is 0.185 e. The first-order chi connectivity index (χ1) is 8.86. The first kappa shape index (κ1) is 13.8. The number of nitrogens with zero attached hydrogens (tertiary/aromatic N) is 1. The molecule has 0 saturated carbocycles. The van der Waals surface area contributed by atoms with Crippen LogP contribution in [0.5, 0.6) is 0 Å². The van der Waals surface area contributed by atoms with Gasteiger partial charge in [-0.05, 0) is 24.3 Å². The summed E-state index contributed by atoms with van der Waals surface area (Å²) in [4.78, 5) is 15.8. The summed E-state index contributed by atoms with van der Waals surface area (Å²) in [5, 5.41) is 0. The van der Waals surface area contributed by atoms with Crippen LogP contribution in [0, 0.1) is 0 Å². The van der Waals surface area contributed by atoms with Gasteiger partial charge >= 0.3 is 0 Å². The van der Waals surface area contributed by atoms with Crippen LogP contribution in [0.2, 0.25) is 0 Å². The van der Waals surface area contributed by atoms with Crippen molar-refractivity contribution in [3.05, 3.63) is 72.1 Å². The number of allylic oxidation sites excluding steroid dienone is 1. The molecule has 2 rings (SSSR count). The molecule has 0 N–H and O–H groups in total. The fourth-order valence-corrected chi connectivity index (χ4v) is 1.33. The smallest absolute Gasteiger partial charge is 0.185 e. The Morgan fingerprint density at radius 3 is 2.28 bits per heavy atom. The Morgan fingerprint density at radius 1 is 1.00 bits per heavy atom. The lowest BCUT2D eigenvalue weighted by Gasteiger charge is -1.94. The van der Waals surface area contributed by atoms with Gasteiger partial charge in [-0.2, -0.15) is 0 Å². The molecule has 0 bridgehead atoms. The van der Waals surface area contributed by atoms with Gasteiger partial charge in [-0.3, -0.25) is 9.78 Å². The highest BCUT2D eigenvalue weighted by Gasteiger charge is 1.98. The van der Waals surface area contributed by atoms with Crippen molar-refractivity contribution in [1.82, 2.24) is 4.98 Å². The average Bonchev–Trinajstić information content (AvgIpc) is 2.49. The Hall–Kier alpha value is -2.22. The predicted octanol–water partition coefficient (Wildman–Crippen LogP) is 4.00. The van der Waals surface area contributed by atoms with Crippen molar-refractivity contribution in [2.45, 2.75) is 13.8 Å². The highest BCUT2D eigenvalue weighted by molar-refractivity contribution is 6.06. The second-order valence-corrected chi connectivity index (χ2v) is 3.32. The van der Waals surface area contributed by atoms with Crippen LogP contribution >= 0.6 is 0 Å². The number of carbonyl (C=O) groups is 1. The molecule has 0 saturated heterocycles. The van der Waals surface area contributed by atoms with Crippen molar-refractivity contribution in [1.29, 1.82) is 0 Å². The number of benzene rings is 1. The van der Waals surface area contributed by atoms with Crippen molar-refractivity contribution < 1.29 is 4.79 Å². The van der Waals surface area contributed by atoms with Crippen molar-refractivity contribution in [2.24, 2.45) is 0 Å².